The molecule has 1 unspecified atom stereocenters. The Morgan fingerprint density at radius 2 is 2.00 bits per heavy atom. The van der Waals surface area contributed by atoms with Crippen LogP contribution in [0.1, 0.15) is 33.1 Å². The van der Waals surface area contributed by atoms with Gasteiger partial charge >= 0.3 is 12.1 Å². The summed E-state index contributed by atoms with van der Waals surface area (Å²) < 4.78 is 40.1. The van der Waals surface area contributed by atoms with Crippen molar-refractivity contribution in [3.63, 3.8) is 0 Å². The summed E-state index contributed by atoms with van der Waals surface area (Å²) in [4.78, 5) is 10.9. The number of esters is 1. The number of ether oxygens (including phenoxy) is 1. The molecule has 15 heavy (non-hydrogen) atoms. The maximum Gasteiger partial charge on any atom is 0.399 e. The Kier molecular flexibility index (Phi) is 5.39. The molecule has 0 amide bonds. The molecule has 0 aliphatic heterocycles. The third kappa shape index (κ3) is 6.99. The maximum absolute atomic E-state index is 11.8. The van der Waals surface area contributed by atoms with Gasteiger partial charge in [-0.25, -0.2) is 0 Å². The third-order valence-corrected chi connectivity index (χ3v) is 1.72. The van der Waals surface area contributed by atoms with Crippen molar-refractivity contribution in [3.05, 3.63) is 12.2 Å². The quantitative estimate of drug-likeness (QED) is 0.529. The molecule has 0 aromatic rings. The molecule has 0 bridgehead atoms. The van der Waals surface area contributed by atoms with Gasteiger partial charge in [-0.3, -0.25) is 4.79 Å². The molecule has 0 aromatic carbocycles. The van der Waals surface area contributed by atoms with Gasteiger partial charge in [0.2, 0.25) is 0 Å². The molecule has 0 fully saturated rings. The maximum atomic E-state index is 11.8. The molecule has 88 valence electrons. The summed E-state index contributed by atoms with van der Waals surface area (Å²) in [5.41, 5.74) is 0.562. The van der Waals surface area contributed by atoms with Crippen molar-refractivity contribution >= 4 is 5.97 Å². The first kappa shape index (κ1) is 14.0. The number of hydrogen-bond acceptors (Lipinski definition) is 2. The third-order valence-electron chi connectivity index (χ3n) is 1.72. The van der Waals surface area contributed by atoms with E-state index < -0.39 is 24.7 Å². The van der Waals surface area contributed by atoms with E-state index in [1.165, 1.54) is 0 Å². The molecule has 0 saturated carbocycles. The largest absolute Gasteiger partial charge is 0.458 e. The molecule has 0 spiro atoms. The van der Waals surface area contributed by atoms with Crippen LogP contribution in [0.2, 0.25) is 0 Å². The lowest BCUT2D eigenvalue weighted by Crippen LogP contribution is -2.23. The number of halogens is 3. The molecule has 0 saturated heterocycles. The van der Waals surface area contributed by atoms with E-state index in [0.29, 0.717) is 12.0 Å². The first-order valence-corrected chi connectivity index (χ1v) is 4.68. The summed E-state index contributed by atoms with van der Waals surface area (Å²) in [6.45, 7) is 7.05. The lowest BCUT2D eigenvalue weighted by atomic mass is 10.1. The molecule has 0 aliphatic rings. The molecule has 5 heteroatoms. The van der Waals surface area contributed by atoms with Gasteiger partial charge in [0, 0.05) is 0 Å². The number of rotatable bonds is 5. The number of carbonyl (C=O) groups excluding carboxylic acids is 1. The van der Waals surface area contributed by atoms with Gasteiger partial charge in [-0.1, -0.05) is 19.9 Å². The molecular formula is C10H15F3O2. The SMILES string of the molecule is C=C(C)C(CCC)OC(=O)CC(F)(F)F. The van der Waals surface area contributed by atoms with Gasteiger partial charge in [-0.05, 0) is 18.9 Å². The van der Waals surface area contributed by atoms with Gasteiger partial charge in [0.15, 0.2) is 0 Å². The van der Waals surface area contributed by atoms with Crippen molar-refractivity contribution in [2.24, 2.45) is 0 Å². The molecule has 0 radical (unpaired) electrons. The summed E-state index contributed by atoms with van der Waals surface area (Å²) >= 11 is 0. The van der Waals surface area contributed by atoms with Crippen LogP contribution < -0.4 is 0 Å². The van der Waals surface area contributed by atoms with Crippen LogP contribution in [-0.4, -0.2) is 18.2 Å². The van der Waals surface area contributed by atoms with E-state index in [2.05, 4.69) is 11.3 Å². The second-order valence-corrected chi connectivity index (χ2v) is 3.41. The van der Waals surface area contributed by atoms with Gasteiger partial charge in [-0.15, -0.1) is 0 Å². The first-order valence-electron chi connectivity index (χ1n) is 4.68. The van der Waals surface area contributed by atoms with Crippen molar-refractivity contribution < 1.29 is 22.7 Å². The highest BCUT2D eigenvalue weighted by Crippen LogP contribution is 2.21. The molecule has 2 nitrogen and oxygen atoms in total. The fourth-order valence-corrected chi connectivity index (χ4v) is 1.03. The van der Waals surface area contributed by atoms with Crippen molar-refractivity contribution in [2.75, 3.05) is 0 Å². The van der Waals surface area contributed by atoms with E-state index in [4.69, 9.17) is 0 Å². The predicted octanol–water partition coefficient (Wildman–Crippen LogP) is 3.23. The molecule has 0 rings (SSSR count). The van der Waals surface area contributed by atoms with E-state index in [1.54, 1.807) is 6.92 Å². The highest BCUT2D eigenvalue weighted by atomic mass is 19.4. The number of hydrogen-bond donors (Lipinski definition) is 0. The normalized spacial score (nSPS) is 13.4. The number of alkyl halides is 3. The standard InChI is InChI=1S/C10H15F3O2/c1-4-5-8(7(2)3)15-9(14)6-10(11,12)13/h8H,2,4-6H2,1,3H3. The Bertz CT molecular complexity index is 233. The minimum Gasteiger partial charge on any atom is -0.458 e. The Hall–Kier alpha value is -1.00. The van der Waals surface area contributed by atoms with Crippen molar-refractivity contribution in [2.45, 2.75) is 45.4 Å². The Labute approximate surface area is 87.1 Å². The monoisotopic (exact) mass is 224 g/mol. The average Bonchev–Trinajstić information content (AvgIpc) is 1.99. The minimum absolute atomic E-state index is 0.499. The van der Waals surface area contributed by atoms with Gasteiger partial charge in [0.25, 0.3) is 0 Å². The van der Waals surface area contributed by atoms with Crippen LogP contribution >= 0.6 is 0 Å². The highest BCUT2D eigenvalue weighted by molar-refractivity contribution is 5.70. The minimum atomic E-state index is -4.51. The van der Waals surface area contributed by atoms with Crippen LogP contribution in [0.4, 0.5) is 13.2 Å². The van der Waals surface area contributed by atoms with Crippen LogP contribution in [0, 0.1) is 0 Å². The lowest BCUT2D eigenvalue weighted by Gasteiger charge is -2.17. The molecule has 1 atom stereocenters. The molecule has 0 N–H and O–H groups in total. The van der Waals surface area contributed by atoms with Crippen molar-refractivity contribution in [3.8, 4) is 0 Å². The Morgan fingerprint density at radius 1 is 1.47 bits per heavy atom. The predicted molar refractivity (Wildman–Crippen MR) is 50.3 cm³/mol. The lowest BCUT2D eigenvalue weighted by molar-refractivity contribution is -0.174. The summed E-state index contributed by atoms with van der Waals surface area (Å²) in [6, 6.07) is 0. The first-order chi connectivity index (χ1) is 6.76. The van der Waals surface area contributed by atoms with Gasteiger partial charge in [0.1, 0.15) is 12.5 Å². The van der Waals surface area contributed by atoms with E-state index in [9.17, 15) is 18.0 Å². The average molecular weight is 224 g/mol. The van der Waals surface area contributed by atoms with Crippen molar-refractivity contribution in [1.82, 2.24) is 0 Å². The van der Waals surface area contributed by atoms with Gasteiger partial charge in [0.05, 0.1) is 0 Å². The number of carbonyl (C=O) groups is 1. The van der Waals surface area contributed by atoms with Crippen LogP contribution in [0.25, 0.3) is 0 Å². The van der Waals surface area contributed by atoms with E-state index >= 15 is 0 Å². The summed E-state index contributed by atoms with van der Waals surface area (Å²) in [5, 5.41) is 0. The second kappa shape index (κ2) is 5.78. The summed E-state index contributed by atoms with van der Waals surface area (Å²) in [7, 11) is 0. The van der Waals surface area contributed by atoms with Crippen LogP contribution in [0.15, 0.2) is 12.2 Å². The molecule has 0 heterocycles. The zero-order valence-corrected chi connectivity index (χ0v) is 8.86. The van der Waals surface area contributed by atoms with E-state index in [1.807, 2.05) is 6.92 Å². The van der Waals surface area contributed by atoms with E-state index in [-0.39, 0.29) is 0 Å². The van der Waals surface area contributed by atoms with E-state index in [0.717, 1.165) is 6.42 Å². The summed E-state index contributed by atoms with van der Waals surface area (Å²) in [5.74, 6) is -1.25. The van der Waals surface area contributed by atoms with Crippen molar-refractivity contribution in [1.29, 1.82) is 0 Å². The Morgan fingerprint density at radius 3 is 2.33 bits per heavy atom. The zero-order chi connectivity index (χ0) is 12.1. The molecule has 0 aliphatic carbocycles. The molecule has 0 aromatic heterocycles. The highest BCUT2D eigenvalue weighted by Gasteiger charge is 2.33. The molecular weight excluding hydrogens is 209 g/mol. The van der Waals surface area contributed by atoms with Gasteiger partial charge in [-0.2, -0.15) is 13.2 Å². The topological polar surface area (TPSA) is 26.3 Å². The van der Waals surface area contributed by atoms with Gasteiger partial charge < -0.3 is 4.74 Å². The van der Waals surface area contributed by atoms with Crippen LogP contribution in [-0.2, 0) is 9.53 Å². The fourth-order valence-electron chi connectivity index (χ4n) is 1.03. The smallest absolute Gasteiger partial charge is 0.399 e. The summed E-state index contributed by atoms with van der Waals surface area (Å²) in [6.07, 6.45) is -5.44. The zero-order valence-electron chi connectivity index (χ0n) is 8.86. The van der Waals surface area contributed by atoms with Crippen LogP contribution in [0.5, 0.6) is 0 Å². The fraction of sp³-hybridized carbons (Fsp3) is 0.700. The van der Waals surface area contributed by atoms with Crippen LogP contribution in [0.3, 0.4) is 0 Å². The Balaban J connectivity index is 4.18. The second-order valence-electron chi connectivity index (χ2n) is 3.41.